The predicted octanol–water partition coefficient (Wildman–Crippen LogP) is 2.05. The topological polar surface area (TPSA) is 21.3 Å². The van der Waals surface area contributed by atoms with Gasteiger partial charge in [-0.15, -0.1) is 0 Å². The molecule has 2 nitrogen and oxygen atoms in total. The fourth-order valence-corrected chi connectivity index (χ4v) is 2.47. The number of rotatable bonds is 4. The highest BCUT2D eigenvalue weighted by atomic mass is 16.5. The van der Waals surface area contributed by atoms with Gasteiger partial charge in [-0.25, -0.2) is 0 Å². The summed E-state index contributed by atoms with van der Waals surface area (Å²) < 4.78 is 5.82. The molecule has 1 N–H and O–H groups in total. The SMILES string of the molecule is CC1OC(C)C(CNCC2CC2)C1C. The van der Waals surface area contributed by atoms with Crippen LogP contribution in [0.1, 0.15) is 33.6 Å². The Hall–Kier alpha value is -0.0800. The second-order valence-corrected chi connectivity index (χ2v) is 5.17. The molecule has 0 aromatic carbocycles. The van der Waals surface area contributed by atoms with Crippen LogP contribution in [0, 0.1) is 17.8 Å². The van der Waals surface area contributed by atoms with E-state index in [0.717, 1.165) is 12.5 Å². The summed E-state index contributed by atoms with van der Waals surface area (Å²) in [4.78, 5) is 0. The monoisotopic (exact) mass is 197 g/mol. The van der Waals surface area contributed by atoms with Gasteiger partial charge >= 0.3 is 0 Å². The molecule has 1 aliphatic heterocycles. The third kappa shape index (κ3) is 2.29. The third-order valence-corrected chi connectivity index (χ3v) is 3.96. The van der Waals surface area contributed by atoms with Crippen molar-refractivity contribution in [2.45, 2.75) is 45.8 Å². The zero-order chi connectivity index (χ0) is 10.1. The fraction of sp³-hybridized carbons (Fsp3) is 1.00. The van der Waals surface area contributed by atoms with Crippen LogP contribution in [0.3, 0.4) is 0 Å². The standard InChI is InChI=1S/C12H23NO/c1-8-9(2)14-10(3)12(8)7-13-6-11-4-5-11/h8-13H,4-7H2,1-3H3. The minimum atomic E-state index is 0.437. The van der Waals surface area contributed by atoms with Crippen molar-refractivity contribution >= 4 is 0 Å². The molecule has 1 heterocycles. The first kappa shape index (κ1) is 10.4. The first-order valence-electron chi connectivity index (χ1n) is 6.04. The van der Waals surface area contributed by atoms with E-state index in [9.17, 15) is 0 Å². The third-order valence-electron chi connectivity index (χ3n) is 3.96. The molecule has 0 radical (unpaired) electrons. The highest BCUT2D eigenvalue weighted by Crippen LogP contribution is 2.32. The molecule has 2 fully saturated rings. The zero-order valence-corrected chi connectivity index (χ0v) is 9.62. The first-order chi connectivity index (χ1) is 6.68. The molecule has 4 unspecified atom stereocenters. The van der Waals surface area contributed by atoms with Crippen molar-refractivity contribution in [3.63, 3.8) is 0 Å². The van der Waals surface area contributed by atoms with Crippen molar-refractivity contribution in [3.05, 3.63) is 0 Å². The lowest BCUT2D eigenvalue weighted by Gasteiger charge is -2.18. The van der Waals surface area contributed by atoms with E-state index in [0.29, 0.717) is 24.0 Å². The highest BCUT2D eigenvalue weighted by molar-refractivity contribution is 4.86. The number of ether oxygens (including phenoxy) is 1. The summed E-state index contributed by atoms with van der Waals surface area (Å²) in [7, 11) is 0. The Bertz CT molecular complexity index is 191. The molecule has 2 rings (SSSR count). The summed E-state index contributed by atoms with van der Waals surface area (Å²) in [6, 6.07) is 0. The van der Waals surface area contributed by atoms with Crippen LogP contribution in [0.25, 0.3) is 0 Å². The van der Waals surface area contributed by atoms with E-state index in [1.165, 1.54) is 19.4 Å². The van der Waals surface area contributed by atoms with Gasteiger partial charge in [-0.3, -0.25) is 0 Å². The van der Waals surface area contributed by atoms with Crippen molar-refractivity contribution in [1.29, 1.82) is 0 Å². The van der Waals surface area contributed by atoms with E-state index < -0.39 is 0 Å². The Labute approximate surface area is 87.4 Å². The normalized spacial score (nSPS) is 43.1. The largest absolute Gasteiger partial charge is 0.375 e. The van der Waals surface area contributed by atoms with Gasteiger partial charge in [-0.05, 0) is 45.1 Å². The van der Waals surface area contributed by atoms with Crippen molar-refractivity contribution < 1.29 is 4.74 Å². The van der Waals surface area contributed by atoms with Gasteiger partial charge in [0, 0.05) is 12.5 Å². The lowest BCUT2D eigenvalue weighted by molar-refractivity contribution is 0.0511. The quantitative estimate of drug-likeness (QED) is 0.744. The minimum Gasteiger partial charge on any atom is -0.375 e. The molecule has 0 aromatic rings. The molecule has 1 aliphatic carbocycles. The van der Waals surface area contributed by atoms with E-state index in [1.807, 2.05) is 0 Å². The summed E-state index contributed by atoms with van der Waals surface area (Å²) >= 11 is 0. The van der Waals surface area contributed by atoms with E-state index in [2.05, 4.69) is 26.1 Å². The molecule has 2 aliphatic rings. The van der Waals surface area contributed by atoms with Crippen LogP contribution in [-0.4, -0.2) is 25.3 Å². The van der Waals surface area contributed by atoms with Crippen molar-refractivity contribution in [1.82, 2.24) is 5.32 Å². The zero-order valence-electron chi connectivity index (χ0n) is 9.62. The smallest absolute Gasteiger partial charge is 0.0594 e. The minimum absolute atomic E-state index is 0.437. The van der Waals surface area contributed by atoms with Gasteiger partial charge in [0.15, 0.2) is 0 Å². The maximum Gasteiger partial charge on any atom is 0.0594 e. The van der Waals surface area contributed by atoms with Crippen LogP contribution < -0.4 is 5.32 Å². The van der Waals surface area contributed by atoms with Crippen molar-refractivity contribution in [2.24, 2.45) is 17.8 Å². The maximum atomic E-state index is 5.82. The molecule has 0 bridgehead atoms. The molecule has 14 heavy (non-hydrogen) atoms. The van der Waals surface area contributed by atoms with Crippen LogP contribution >= 0.6 is 0 Å². The molecule has 0 amide bonds. The molecule has 0 aromatic heterocycles. The Balaban J connectivity index is 1.72. The van der Waals surface area contributed by atoms with Gasteiger partial charge in [-0.1, -0.05) is 6.92 Å². The fourth-order valence-electron chi connectivity index (χ4n) is 2.47. The lowest BCUT2D eigenvalue weighted by atomic mass is 9.89. The molecule has 4 atom stereocenters. The van der Waals surface area contributed by atoms with Crippen LogP contribution in [0.2, 0.25) is 0 Å². The number of nitrogens with one attached hydrogen (secondary N) is 1. The van der Waals surface area contributed by atoms with Crippen LogP contribution in [0.5, 0.6) is 0 Å². The summed E-state index contributed by atoms with van der Waals surface area (Å²) in [5.41, 5.74) is 0. The van der Waals surface area contributed by atoms with Crippen LogP contribution in [0.15, 0.2) is 0 Å². The summed E-state index contributed by atoms with van der Waals surface area (Å²) in [5, 5.41) is 3.59. The van der Waals surface area contributed by atoms with Crippen molar-refractivity contribution in [2.75, 3.05) is 13.1 Å². The Morgan fingerprint density at radius 2 is 1.79 bits per heavy atom. The van der Waals surface area contributed by atoms with Gasteiger partial charge < -0.3 is 10.1 Å². The second-order valence-electron chi connectivity index (χ2n) is 5.17. The van der Waals surface area contributed by atoms with Crippen LogP contribution in [-0.2, 0) is 4.74 Å². The molecule has 0 spiro atoms. The molecular formula is C12H23NO. The average molecular weight is 197 g/mol. The van der Waals surface area contributed by atoms with Gasteiger partial charge in [0.05, 0.1) is 12.2 Å². The number of hydrogen-bond acceptors (Lipinski definition) is 2. The highest BCUT2D eigenvalue weighted by Gasteiger charge is 2.36. The van der Waals surface area contributed by atoms with E-state index in [1.54, 1.807) is 0 Å². The average Bonchev–Trinajstić information content (AvgIpc) is 2.90. The predicted molar refractivity (Wildman–Crippen MR) is 58.3 cm³/mol. The van der Waals surface area contributed by atoms with Gasteiger partial charge in [0.2, 0.25) is 0 Å². The second kappa shape index (κ2) is 4.19. The number of hydrogen-bond donors (Lipinski definition) is 1. The Morgan fingerprint density at radius 3 is 2.29 bits per heavy atom. The van der Waals surface area contributed by atoms with E-state index in [4.69, 9.17) is 4.74 Å². The Morgan fingerprint density at radius 1 is 1.07 bits per heavy atom. The maximum absolute atomic E-state index is 5.82. The molecule has 1 saturated heterocycles. The Kier molecular flexibility index (Phi) is 3.13. The van der Waals surface area contributed by atoms with Crippen LogP contribution in [0.4, 0.5) is 0 Å². The molecule has 2 heteroatoms. The van der Waals surface area contributed by atoms with Gasteiger partial charge in [-0.2, -0.15) is 0 Å². The lowest BCUT2D eigenvalue weighted by Crippen LogP contribution is -2.31. The van der Waals surface area contributed by atoms with Gasteiger partial charge in [0.1, 0.15) is 0 Å². The molecule has 1 saturated carbocycles. The molecule has 82 valence electrons. The van der Waals surface area contributed by atoms with Crippen molar-refractivity contribution in [3.8, 4) is 0 Å². The summed E-state index contributed by atoms with van der Waals surface area (Å²) in [5.74, 6) is 2.40. The molecular weight excluding hydrogens is 174 g/mol. The first-order valence-corrected chi connectivity index (χ1v) is 6.04. The van der Waals surface area contributed by atoms with E-state index in [-0.39, 0.29) is 0 Å². The summed E-state index contributed by atoms with van der Waals surface area (Å²) in [6.07, 6.45) is 3.76. The van der Waals surface area contributed by atoms with Gasteiger partial charge in [0.25, 0.3) is 0 Å². The van der Waals surface area contributed by atoms with E-state index >= 15 is 0 Å². The summed E-state index contributed by atoms with van der Waals surface area (Å²) in [6.45, 7) is 9.09.